The molecule has 1 atom stereocenters. The van der Waals surface area contributed by atoms with E-state index in [1.807, 2.05) is 24.3 Å². The van der Waals surface area contributed by atoms with Crippen LogP contribution in [0.4, 0.5) is 0 Å². The van der Waals surface area contributed by atoms with Gasteiger partial charge in [-0.2, -0.15) is 0 Å². The van der Waals surface area contributed by atoms with Crippen LogP contribution >= 0.6 is 0 Å². The van der Waals surface area contributed by atoms with E-state index >= 15 is 0 Å². The SMILES string of the molecule is COc1ccc(CCC(=O)C2CCCC2(C)C)cc1. The number of Topliss-reactive ketones (excluding diaryl/α,β-unsaturated/α-hetero) is 1. The topological polar surface area (TPSA) is 26.3 Å². The minimum atomic E-state index is 0.205. The van der Waals surface area contributed by atoms with Gasteiger partial charge in [0.1, 0.15) is 11.5 Å². The molecular weight excluding hydrogens is 236 g/mol. The number of ketones is 1. The van der Waals surface area contributed by atoms with Crippen LogP contribution in [0, 0.1) is 11.3 Å². The maximum Gasteiger partial charge on any atom is 0.136 e. The van der Waals surface area contributed by atoms with Crippen LogP contribution < -0.4 is 4.74 Å². The van der Waals surface area contributed by atoms with Crippen molar-refractivity contribution < 1.29 is 9.53 Å². The van der Waals surface area contributed by atoms with Crippen LogP contribution in [0.2, 0.25) is 0 Å². The first-order chi connectivity index (χ1) is 9.03. The number of benzene rings is 1. The highest BCUT2D eigenvalue weighted by molar-refractivity contribution is 5.82. The van der Waals surface area contributed by atoms with Gasteiger partial charge in [-0.15, -0.1) is 0 Å². The molecule has 1 aliphatic rings. The highest BCUT2D eigenvalue weighted by atomic mass is 16.5. The summed E-state index contributed by atoms with van der Waals surface area (Å²) in [5.74, 6) is 1.58. The second kappa shape index (κ2) is 5.77. The molecule has 0 bridgehead atoms. The number of ether oxygens (including phenoxy) is 1. The summed E-state index contributed by atoms with van der Waals surface area (Å²) in [6.07, 6.45) is 4.97. The summed E-state index contributed by atoms with van der Waals surface area (Å²) >= 11 is 0. The predicted molar refractivity (Wildman–Crippen MR) is 77.4 cm³/mol. The van der Waals surface area contributed by atoms with E-state index < -0.39 is 0 Å². The van der Waals surface area contributed by atoms with Gasteiger partial charge in [0, 0.05) is 12.3 Å². The average molecular weight is 260 g/mol. The van der Waals surface area contributed by atoms with Crippen LogP contribution in [-0.4, -0.2) is 12.9 Å². The number of carbonyl (C=O) groups is 1. The number of aryl methyl sites for hydroxylation is 1. The lowest BCUT2D eigenvalue weighted by Gasteiger charge is -2.25. The van der Waals surface area contributed by atoms with Crippen molar-refractivity contribution in [1.82, 2.24) is 0 Å². The molecule has 1 aromatic rings. The normalized spacial score (nSPS) is 21.3. The van der Waals surface area contributed by atoms with Crippen molar-refractivity contribution >= 4 is 5.78 Å². The number of hydrogen-bond acceptors (Lipinski definition) is 2. The lowest BCUT2D eigenvalue weighted by Crippen LogP contribution is -2.26. The molecule has 0 aliphatic heterocycles. The second-order valence-electron chi connectivity index (χ2n) is 6.25. The molecule has 0 aromatic heterocycles. The molecule has 19 heavy (non-hydrogen) atoms. The fourth-order valence-electron chi connectivity index (χ4n) is 3.16. The Labute approximate surface area is 116 Å². The van der Waals surface area contributed by atoms with Crippen molar-refractivity contribution in [2.75, 3.05) is 7.11 Å². The number of rotatable bonds is 5. The Hall–Kier alpha value is -1.31. The third kappa shape index (κ3) is 3.37. The van der Waals surface area contributed by atoms with Crippen molar-refractivity contribution in [3.8, 4) is 5.75 Å². The van der Waals surface area contributed by atoms with Crippen LogP contribution in [0.1, 0.15) is 45.1 Å². The van der Waals surface area contributed by atoms with E-state index in [1.54, 1.807) is 7.11 Å². The smallest absolute Gasteiger partial charge is 0.136 e. The van der Waals surface area contributed by atoms with Gasteiger partial charge < -0.3 is 4.74 Å². The molecule has 0 N–H and O–H groups in total. The standard InChI is InChI=1S/C17H24O2/c1-17(2)12-4-5-15(17)16(18)11-8-13-6-9-14(19-3)10-7-13/h6-7,9-10,15H,4-5,8,11-12H2,1-3H3. The van der Waals surface area contributed by atoms with Crippen LogP contribution in [-0.2, 0) is 11.2 Å². The van der Waals surface area contributed by atoms with Gasteiger partial charge in [0.2, 0.25) is 0 Å². The maximum absolute atomic E-state index is 12.3. The van der Waals surface area contributed by atoms with Gasteiger partial charge in [0.05, 0.1) is 7.11 Å². The first kappa shape index (κ1) is 14.1. The van der Waals surface area contributed by atoms with Crippen molar-refractivity contribution in [2.45, 2.75) is 46.0 Å². The van der Waals surface area contributed by atoms with Crippen molar-refractivity contribution in [3.63, 3.8) is 0 Å². The highest BCUT2D eigenvalue weighted by Gasteiger charge is 2.38. The first-order valence-electron chi connectivity index (χ1n) is 7.18. The zero-order valence-corrected chi connectivity index (χ0v) is 12.2. The molecule has 0 radical (unpaired) electrons. The van der Waals surface area contributed by atoms with Gasteiger partial charge in [-0.1, -0.05) is 32.4 Å². The van der Waals surface area contributed by atoms with E-state index in [0.717, 1.165) is 18.6 Å². The van der Waals surface area contributed by atoms with Crippen LogP contribution in [0.3, 0.4) is 0 Å². The molecule has 0 spiro atoms. The van der Waals surface area contributed by atoms with Gasteiger partial charge >= 0.3 is 0 Å². The summed E-state index contributed by atoms with van der Waals surface area (Å²) in [5.41, 5.74) is 1.42. The average Bonchev–Trinajstić information content (AvgIpc) is 2.76. The molecule has 104 valence electrons. The Morgan fingerprint density at radius 3 is 2.53 bits per heavy atom. The van der Waals surface area contributed by atoms with Crippen LogP contribution in [0.5, 0.6) is 5.75 Å². The fraction of sp³-hybridized carbons (Fsp3) is 0.588. The second-order valence-corrected chi connectivity index (χ2v) is 6.25. The Kier molecular flexibility index (Phi) is 4.28. The van der Waals surface area contributed by atoms with Gasteiger partial charge in [-0.3, -0.25) is 4.79 Å². The Morgan fingerprint density at radius 2 is 2.00 bits per heavy atom. The molecule has 0 amide bonds. The summed E-state index contributed by atoms with van der Waals surface area (Å²) in [5, 5.41) is 0. The number of hydrogen-bond donors (Lipinski definition) is 0. The molecule has 0 heterocycles. The minimum Gasteiger partial charge on any atom is -0.497 e. The molecule has 1 fully saturated rings. The molecule has 2 heteroatoms. The summed E-state index contributed by atoms with van der Waals surface area (Å²) < 4.78 is 5.14. The molecule has 1 aliphatic carbocycles. The molecule has 1 aromatic carbocycles. The van der Waals surface area contributed by atoms with Crippen molar-refractivity contribution in [3.05, 3.63) is 29.8 Å². The Morgan fingerprint density at radius 1 is 1.32 bits per heavy atom. The zero-order chi connectivity index (χ0) is 13.9. The minimum absolute atomic E-state index is 0.205. The highest BCUT2D eigenvalue weighted by Crippen LogP contribution is 2.43. The van der Waals surface area contributed by atoms with Gasteiger partial charge in [-0.05, 0) is 42.4 Å². The van der Waals surface area contributed by atoms with E-state index in [2.05, 4.69) is 13.8 Å². The van der Waals surface area contributed by atoms with Crippen molar-refractivity contribution in [2.24, 2.45) is 11.3 Å². The fourth-order valence-corrected chi connectivity index (χ4v) is 3.16. The van der Waals surface area contributed by atoms with E-state index in [4.69, 9.17) is 4.74 Å². The summed E-state index contributed by atoms with van der Waals surface area (Å²) in [7, 11) is 1.67. The number of methoxy groups -OCH3 is 1. The molecule has 1 saturated carbocycles. The monoisotopic (exact) mass is 260 g/mol. The Balaban J connectivity index is 1.89. The molecule has 1 unspecified atom stereocenters. The molecule has 2 nitrogen and oxygen atoms in total. The summed E-state index contributed by atoms with van der Waals surface area (Å²) in [6.45, 7) is 4.46. The molecular formula is C17H24O2. The van der Waals surface area contributed by atoms with E-state index in [9.17, 15) is 4.79 Å². The Bertz CT molecular complexity index is 431. The van der Waals surface area contributed by atoms with Crippen LogP contribution in [0.25, 0.3) is 0 Å². The predicted octanol–water partition coefficient (Wildman–Crippen LogP) is 4.02. The zero-order valence-electron chi connectivity index (χ0n) is 12.2. The number of carbonyl (C=O) groups excluding carboxylic acids is 1. The van der Waals surface area contributed by atoms with Gasteiger partial charge in [0.15, 0.2) is 0 Å². The van der Waals surface area contributed by atoms with E-state index in [1.165, 1.54) is 18.4 Å². The third-order valence-corrected chi connectivity index (χ3v) is 4.47. The summed E-state index contributed by atoms with van der Waals surface area (Å²) in [4.78, 5) is 12.3. The van der Waals surface area contributed by atoms with E-state index in [-0.39, 0.29) is 11.3 Å². The third-order valence-electron chi connectivity index (χ3n) is 4.47. The largest absolute Gasteiger partial charge is 0.497 e. The molecule has 0 saturated heterocycles. The maximum atomic E-state index is 12.3. The quantitative estimate of drug-likeness (QED) is 0.799. The van der Waals surface area contributed by atoms with E-state index in [0.29, 0.717) is 12.2 Å². The van der Waals surface area contributed by atoms with Crippen LogP contribution in [0.15, 0.2) is 24.3 Å². The lowest BCUT2D eigenvalue weighted by molar-refractivity contribution is -0.125. The summed E-state index contributed by atoms with van der Waals surface area (Å²) in [6, 6.07) is 8.01. The lowest BCUT2D eigenvalue weighted by atomic mass is 9.78. The first-order valence-corrected chi connectivity index (χ1v) is 7.18. The molecule has 2 rings (SSSR count). The van der Waals surface area contributed by atoms with Crippen molar-refractivity contribution in [1.29, 1.82) is 0 Å². The van der Waals surface area contributed by atoms with Gasteiger partial charge in [-0.25, -0.2) is 0 Å². The van der Waals surface area contributed by atoms with Gasteiger partial charge in [0.25, 0.3) is 0 Å².